The second kappa shape index (κ2) is 10.4. The molecule has 0 spiro atoms. The monoisotopic (exact) mass is 568 g/mol. The summed E-state index contributed by atoms with van der Waals surface area (Å²) in [5, 5.41) is 15.4. The lowest BCUT2D eigenvalue weighted by Crippen LogP contribution is -2.29. The van der Waals surface area contributed by atoms with Crippen LogP contribution in [0, 0.1) is 0 Å². The average Bonchev–Trinajstić information content (AvgIpc) is 3.86. The average molecular weight is 569 g/mol. The first-order valence-electron chi connectivity index (χ1n) is 15.0. The molecule has 4 aromatic carbocycles. The molecule has 8 rings (SSSR count). The number of nitrogens with zero attached hydrogens (tertiary/aromatic N) is 3. The van der Waals surface area contributed by atoms with Crippen molar-refractivity contribution in [2.24, 2.45) is 0 Å². The van der Waals surface area contributed by atoms with Gasteiger partial charge in [-0.15, -0.1) is 0 Å². The molecule has 4 N–H and O–H groups in total. The van der Waals surface area contributed by atoms with Crippen molar-refractivity contribution in [1.29, 1.82) is 0 Å². The van der Waals surface area contributed by atoms with Crippen LogP contribution in [0.1, 0.15) is 49.4 Å². The number of fused-ring (bicyclic) bond motifs is 2. The Bertz CT molecular complexity index is 1970. The number of benzene rings is 4. The number of hydrogen-bond donors (Lipinski definition) is 4. The molecule has 0 radical (unpaired) electrons. The van der Waals surface area contributed by atoms with Crippen molar-refractivity contribution in [3.05, 3.63) is 96.7 Å². The molecule has 2 atom stereocenters. The minimum atomic E-state index is -0.891. The quantitative estimate of drug-likeness (QED) is 0.171. The molecule has 4 heterocycles. The maximum Gasteiger partial charge on any atom is 0.407 e. The van der Waals surface area contributed by atoms with Crippen LogP contribution < -0.4 is 5.32 Å². The van der Waals surface area contributed by atoms with E-state index in [1.54, 1.807) is 6.20 Å². The SMILES string of the molecule is O=C(O)N1CCCC1c1ncc(-c2ccc(-c3ccc4cc(-c5ccc6nc([C@@H]7CCCN7)[nH]c6c5)ccc4c3)cc2)[nH]1. The number of nitrogens with one attached hydrogen (secondary N) is 3. The Labute approximate surface area is 248 Å². The van der Waals surface area contributed by atoms with Gasteiger partial charge >= 0.3 is 6.09 Å². The molecule has 8 heteroatoms. The van der Waals surface area contributed by atoms with E-state index in [2.05, 4.69) is 99.1 Å². The van der Waals surface area contributed by atoms with Gasteiger partial charge in [0.1, 0.15) is 11.6 Å². The van der Waals surface area contributed by atoms with Gasteiger partial charge in [0, 0.05) is 6.54 Å². The number of aromatic nitrogens is 4. The predicted octanol–water partition coefficient (Wildman–Crippen LogP) is 7.68. The van der Waals surface area contributed by atoms with E-state index < -0.39 is 6.09 Å². The molecule has 8 nitrogen and oxygen atoms in total. The van der Waals surface area contributed by atoms with Gasteiger partial charge in [-0.05, 0) is 95.1 Å². The summed E-state index contributed by atoms with van der Waals surface area (Å²) in [7, 11) is 0. The summed E-state index contributed by atoms with van der Waals surface area (Å²) < 4.78 is 0. The summed E-state index contributed by atoms with van der Waals surface area (Å²) in [5.41, 5.74) is 8.66. The van der Waals surface area contributed by atoms with Crippen molar-refractivity contribution in [3.8, 4) is 33.5 Å². The predicted molar refractivity (Wildman–Crippen MR) is 169 cm³/mol. The lowest BCUT2D eigenvalue weighted by Gasteiger charge is -2.19. The fourth-order valence-electron chi connectivity index (χ4n) is 6.67. The highest BCUT2D eigenvalue weighted by Gasteiger charge is 2.31. The van der Waals surface area contributed by atoms with Crippen molar-refractivity contribution in [2.75, 3.05) is 13.1 Å². The molecule has 0 bridgehead atoms. The van der Waals surface area contributed by atoms with Gasteiger partial charge in [0.05, 0.1) is 35.0 Å². The molecular weight excluding hydrogens is 536 g/mol. The third-order valence-electron chi connectivity index (χ3n) is 9.00. The number of carbonyl (C=O) groups is 1. The van der Waals surface area contributed by atoms with Gasteiger partial charge < -0.3 is 20.4 Å². The number of carboxylic acid groups (broad SMARTS) is 1. The normalized spacial score (nSPS) is 18.7. The van der Waals surface area contributed by atoms with Crippen LogP contribution in [0.3, 0.4) is 0 Å². The van der Waals surface area contributed by atoms with E-state index in [1.807, 2.05) is 0 Å². The second-order valence-electron chi connectivity index (χ2n) is 11.7. The van der Waals surface area contributed by atoms with Crippen LogP contribution in [-0.2, 0) is 0 Å². The van der Waals surface area contributed by atoms with Crippen molar-refractivity contribution in [2.45, 2.75) is 37.8 Å². The lowest BCUT2D eigenvalue weighted by molar-refractivity contribution is 0.139. The van der Waals surface area contributed by atoms with E-state index in [1.165, 1.54) is 33.2 Å². The Kier molecular flexibility index (Phi) is 6.22. The molecule has 2 aliphatic rings. The van der Waals surface area contributed by atoms with Crippen LogP contribution >= 0.6 is 0 Å². The largest absolute Gasteiger partial charge is 0.465 e. The highest BCUT2D eigenvalue weighted by molar-refractivity contribution is 5.92. The molecule has 0 saturated carbocycles. The Morgan fingerprint density at radius 3 is 2.21 bits per heavy atom. The Balaban J connectivity index is 1.02. The van der Waals surface area contributed by atoms with Gasteiger partial charge in [0.15, 0.2) is 0 Å². The van der Waals surface area contributed by atoms with E-state index in [-0.39, 0.29) is 6.04 Å². The van der Waals surface area contributed by atoms with Crippen LogP contribution in [0.15, 0.2) is 85.1 Å². The summed E-state index contributed by atoms with van der Waals surface area (Å²) in [6.07, 6.45) is 4.88. The van der Waals surface area contributed by atoms with Crippen LogP contribution in [0.2, 0.25) is 0 Å². The Morgan fingerprint density at radius 2 is 1.47 bits per heavy atom. The minimum Gasteiger partial charge on any atom is -0.465 e. The van der Waals surface area contributed by atoms with E-state index in [0.29, 0.717) is 18.4 Å². The molecule has 43 heavy (non-hydrogen) atoms. The van der Waals surface area contributed by atoms with E-state index in [9.17, 15) is 9.90 Å². The number of amides is 1. The van der Waals surface area contributed by atoms with Crippen LogP contribution in [0.4, 0.5) is 4.79 Å². The fourth-order valence-corrected chi connectivity index (χ4v) is 6.67. The van der Waals surface area contributed by atoms with Gasteiger partial charge in [0.2, 0.25) is 0 Å². The van der Waals surface area contributed by atoms with Crippen LogP contribution in [0.5, 0.6) is 0 Å². The van der Waals surface area contributed by atoms with Crippen molar-refractivity contribution in [3.63, 3.8) is 0 Å². The first-order chi connectivity index (χ1) is 21.1. The second-order valence-corrected chi connectivity index (χ2v) is 11.7. The third kappa shape index (κ3) is 4.73. The van der Waals surface area contributed by atoms with Crippen molar-refractivity contribution in [1.82, 2.24) is 30.2 Å². The lowest BCUT2D eigenvalue weighted by atomic mass is 9.97. The molecule has 2 aliphatic heterocycles. The van der Waals surface area contributed by atoms with Crippen molar-refractivity contribution >= 4 is 27.9 Å². The third-order valence-corrected chi connectivity index (χ3v) is 9.00. The summed E-state index contributed by atoms with van der Waals surface area (Å²) in [6, 6.07) is 28.3. The number of hydrogen-bond acceptors (Lipinski definition) is 4. The standard InChI is InChI=1S/C35H32N6O2/c42-35(43)41-16-2-4-32(41)34-37-20-31(40-34)22-7-5-21(6-8-22)23-9-10-25-18-26(12-11-24(25)17-23)27-13-14-28-30(19-27)39-33(38-28)29-3-1-15-36-29/h5-14,17-20,29,32,36H,1-4,15-16H2,(H,37,40)(H,38,39)(H,42,43)/t29-,32?/m0/s1. The number of aromatic amines is 2. The molecule has 1 unspecified atom stereocenters. The fraction of sp³-hybridized carbons (Fsp3) is 0.229. The van der Waals surface area contributed by atoms with Crippen LogP contribution in [0.25, 0.3) is 55.3 Å². The molecule has 2 saturated heterocycles. The first kappa shape index (κ1) is 25.7. The molecule has 2 aromatic heterocycles. The molecular formula is C35H32N6O2. The molecule has 2 fully saturated rings. The molecule has 6 aromatic rings. The Hall–Kier alpha value is -4.95. The maximum absolute atomic E-state index is 11.6. The number of H-pyrrole nitrogens is 2. The zero-order chi connectivity index (χ0) is 28.9. The molecule has 1 amide bonds. The molecule has 214 valence electrons. The summed E-state index contributed by atoms with van der Waals surface area (Å²) in [6.45, 7) is 1.61. The van der Waals surface area contributed by atoms with Gasteiger partial charge in [-0.25, -0.2) is 14.8 Å². The zero-order valence-corrected chi connectivity index (χ0v) is 23.7. The topological polar surface area (TPSA) is 110 Å². The zero-order valence-electron chi connectivity index (χ0n) is 23.7. The number of imidazole rings is 2. The minimum absolute atomic E-state index is 0.205. The van der Waals surface area contributed by atoms with Gasteiger partial charge in [-0.2, -0.15) is 0 Å². The highest BCUT2D eigenvalue weighted by Crippen LogP contribution is 2.33. The smallest absolute Gasteiger partial charge is 0.407 e. The van der Waals surface area contributed by atoms with E-state index >= 15 is 0 Å². The molecule has 0 aliphatic carbocycles. The van der Waals surface area contributed by atoms with Gasteiger partial charge in [-0.1, -0.05) is 54.6 Å². The van der Waals surface area contributed by atoms with Gasteiger partial charge in [-0.3, -0.25) is 4.90 Å². The maximum atomic E-state index is 11.6. The Morgan fingerprint density at radius 1 is 0.767 bits per heavy atom. The van der Waals surface area contributed by atoms with Crippen LogP contribution in [-0.4, -0.2) is 49.1 Å². The summed E-state index contributed by atoms with van der Waals surface area (Å²) >= 11 is 0. The van der Waals surface area contributed by atoms with Crippen molar-refractivity contribution < 1.29 is 9.90 Å². The first-order valence-corrected chi connectivity index (χ1v) is 15.0. The number of likely N-dealkylation sites (tertiary alicyclic amines) is 1. The highest BCUT2D eigenvalue weighted by atomic mass is 16.4. The van der Waals surface area contributed by atoms with Gasteiger partial charge in [0.25, 0.3) is 0 Å². The number of rotatable bonds is 5. The van der Waals surface area contributed by atoms with E-state index in [0.717, 1.165) is 65.0 Å². The summed E-state index contributed by atoms with van der Waals surface area (Å²) in [5.74, 6) is 1.75. The van der Waals surface area contributed by atoms with E-state index in [4.69, 9.17) is 4.98 Å². The summed E-state index contributed by atoms with van der Waals surface area (Å²) in [4.78, 5) is 29.3.